The molecule has 0 spiro atoms. The van der Waals surface area contributed by atoms with E-state index in [1.165, 1.54) is 22.3 Å². The fourth-order valence-corrected chi connectivity index (χ4v) is 2.79. The molecule has 0 heterocycles. The summed E-state index contributed by atoms with van der Waals surface area (Å²) < 4.78 is 0. The molecule has 20 heavy (non-hydrogen) atoms. The van der Waals surface area contributed by atoms with Crippen LogP contribution in [0.2, 0.25) is 5.02 Å². The molecule has 0 amide bonds. The minimum atomic E-state index is 0.226. The lowest BCUT2D eigenvalue weighted by Crippen LogP contribution is -2.22. The molecular weight excluding hydrogens is 266 g/mol. The maximum Gasteiger partial charge on any atom is 0.0579 e. The van der Waals surface area contributed by atoms with Gasteiger partial charge in [0.1, 0.15) is 0 Å². The Kier molecular flexibility index (Phi) is 5.22. The molecule has 0 aliphatic rings. The van der Waals surface area contributed by atoms with Crippen molar-refractivity contribution in [2.24, 2.45) is 0 Å². The molecule has 1 unspecified atom stereocenters. The first-order valence-electron chi connectivity index (χ1n) is 7.24. The molecule has 106 valence electrons. The highest BCUT2D eigenvalue weighted by Crippen LogP contribution is 2.27. The summed E-state index contributed by atoms with van der Waals surface area (Å²) in [6.07, 6.45) is 1.06. The molecule has 1 atom stereocenters. The highest BCUT2D eigenvalue weighted by molar-refractivity contribution is 6.30. The van der Waals surface area contributed by atoms with Gasteiger partial charge in [0, 0.05) is 5.02 Å². The van der Waals surface area contributed by atoms with E-state index in [-0.39, 0.29) is 6.04 Å². The number of benzene rings is 2. The first-order chi connectivity index (χ1) is 9.65. The highest BCUT2D eigenvalue weighted by Gasteiger charge is 2.15. The van der Waals surface area contributed by atoms with Gasteiger partial charge in [0.2, 0.25) is 0 Å². The van der Waals surface area contributed by atoms with Crippen LogP contribution in [0, 0.1) is 6.92 Å². The Morgan fingerprint density at radius 2 is 1.90 bits per heavy atom. The van der Waals surface area contributed by atoms with Crippen LogP contribution in [0.5, 0.6) is 0 Å². The molecule has 0 saturated carbocycles. The molecule has 1 N–H and O–H groups in total. The molecule has 0 bridgehead atoms. The molecule has 2 aromatic carbocycles. The predicted octanol–water partition coefficient (Wildman–Crippen LogP) is 4.91. The number of rotatable bonds is 5. The van der Waals surface area contributed by atoms with Crippen LogP contribution in [0.25, 0.3) is 0 Å². The number of halogens is 1. The van der Waals surface area contributed by atoms with Gasteiger partial charge in [-0.2, -0.15) is 0 Å². The van der Waals surface area contributed by atoms with Crippen molar-refractivity contribution in [2.45, 2.75) is 33.2 Å². The van der Waals surface area contributed by atoms with E-state index in [1.807, 2.05) is 12.1 Å². The van der Waals surface area contributed by atoms with E-state index >= 15 is 0 Å². The monoisotopic (exact) mass is 287 g/mol. The molecule has 0 radical (unpaired) electrons. The normalized spacial score (nSPS) is 12.4. The van der Waals surface area contributed by atoms with Crippen molar-refractivity contribution >= 4 is 11.6 Å². The molecule has 0 aliphatic heterocycles. The molecule has 2 aromatic rings. The summed E-state index contributed by atoms with van der Waals surface area (Å²) in [5.41, 5.74) is 5.21. The van der Waals surface area contributed by atoms with Crippen LogP contribution >= 0.6 is 11.6 Å². The van der Waals surface area contributed by atoms with Gasteiger partial charge >= 0.3 is 0 Å². The second-order valence-electron chi connectivity index (χ2n) is 5.09. The van der Waals surface area contributed by atoms with Crippen molar-refractivity contribution in [1.82, 2.24) is 5.32 Å². The number of nitrogens with one attached hydrogen (secondary N) is 1. The summed E-state index contributed by atoms with van der Waals surface area (Å²) in [6, 6.07) is 15.2. The molecular formula is C18H22ClN. The summed E-state index contributed by atoms with van der Waals surface area (Å²) >= 11 is 6.07. The van der Waals surface area contributed by atoms with E-state index < -0.39 is 0 Å². The largest absolute Gasteiger partial charge is 0.307 e. The van der Waals surface area contributed by atoms with Crippen LogP contribution in [0.15, 0.2) is 42.5 Å². The van der Waals surface area contributed by atoms with Gasteiger partial charge in [0.05, 0.1) is 6.04 Å². The maximum absolute atomic E-state index is 6.07. The van der Waals surface area contributed by atoms with Gasteiger partial charge in [0.25, 0.3) is 0 Å². The maximum atomic E-state index is 6.07. The first kappa shape index (κ1) is 15.1. The highest BCUT2D eigenvalue weighted by atomic mass is 35.5. The van der Waals surface area contributed by atoms with Gasteiger partial charge in [-0.15, -0.1) is 0 Å². The first-order valence-corrected chi connectivity index (χ1v) is 7.61. The van der Waals surface area contributed by atoms with Crippen LogP contribution < -0.4 is 5.32 Å². The van der Waals surface area contributed by atoms with E-state index in [9.17, 15) is 0 Å². The standard InChI is InChI=1S/C18H22ClN/c1-4-14-7-6-8-15(12-14)18(20-5-2)17-10-9-16(19)11-13(17)3/h6-12,18,20H,4-5H2,1-3H3. The van der Waals surface area contributed by atoms with Gasteiger partial charge in [-0.1, -0.05) is 55.8 Å². The zero-order valence-corrected chi connectivity index (χ0v) is 13.2. The van der Waals surface area contributed by atoms with Crippen molar-refractivity contribution in [3.8, 4) is 0 Å². The van der Waals surface area contributed by atoms with Crippen molar-refractivity contribution in [2.75, 3.05) is 6.54 Å². The molecule has 2 heteroatoms. The number of hydrogen-bond donors (Lipinski definition) is 1. The van der Waals surface area contributed by atoms with Crippen LogP contribution in [0.4, 0.5) is 0 Å². The number of hydrogen-bond acceptors (Lipinski definition) is 1. The lowest BCUT2D eigenvalue weighted by molar-refractivity contribution is 0.627. The lowest BCUT2D eigenvalue weighted by Gasteiger charge is -2.21. The summed E-state index contributed by atoms with van der Waals surface area (Å²) in [4.78, 5) is 0. The molecule has 0 saturated heterocycles. The third-order valence-corrected chi connectivity index (χ3v) is 3.88. The Labute approximate surface area is 127 Å². The number of aryl methyl sites for hydroxylation is 2. The van der Waals surface area contributed by atoms with Crippen LogP contribution in [0.3, 0.4) is 0 Å². The average molecular weight is 288 g/mol. The van der Waals surface area contributed by atoms with Crippen LogP contribution in [-0.2, 0) is 6.42 Å². The van der Waals surface area contributed by atoms with Crippen LogP contribution in [-0.4, -0.2) is 6.54 Å². The van der Waals surface area contributed by atoms with Crippen molar-refractivity contribution < 1.29 is 0 Å². The summed E-state index contributed by atoms with van der Waals surface area (Å²) in [5.74, 6) is 0. The van der Waals surface area contributed by atoms with Gasteiger partial charge in [-0.25, -0.2) is 0 Å². The van der Waals surface area contributed by atoms with E-state index in [1.54, 1.807) is 0 Å². The fourth-order valence-electron chi connectivity index (χ4n) is 2.57. The zero-order chi connectivity index (χ0) is 14.5. The molecule has 1 nitrogen and oxygen atoms in total. The Balaban J connectivity index is 2.44. The van der Waals surface area contributed by atoms with Gasteiger partial charge < -0.3 is 5.32 Å². The Morgan fingerprint density at radius 1 is 1.10 bits per heavy atom. The smallest absolute Gasteiger partial charge is 0.0579 e. The Hall–Kier alpha value is -1.31. The lowest BCUT2D eigenvalue weighted by atomic mass is 9.93. The van der Waals surface area contributed by atoms with Crippen molar-refractivity contribution in [1.29, 1.82) is 0 Å². The Morgan fingerprint density at radius 3 is 2.55 bits per heavy atom. The third kappa shape index (κ3) is 3.41. The molecule has 0 aromatic heterocycles. The Bertz CT molecular complexity index is 577. The fraction of sp³-hybridized carbons (Fsp3) is 0.333. The van der Waals surface area contributed by atoms with E-state index in [0.717, 1.165) is 18.0 Å². The minimum Gasteiger partial charge on any atom is -0.307 e. The van der Waals surface area contributed by atoms with Gasteiger partial charge in [-0.05, 0) is 54.3 Å². The topological polar surface area (TPSA) is 12.0 Å². The average Bonchev–Trinajstić information content (AvgIpc) is 2.45. The van der Waals surface area contributed by atoms with Crippen molar-refractivity contribution in [3.63, 3.8) is 0 Å². The van der Waals surface area contributed by atoms with Crippen LogP contribution in [0.1, 0.15) is 42.1 Å². The molecule has 0 aliphatic carbocycles. The van der Waals surface area contributed by atoms with Gasteiger partial charge in [-0.3, -0.25) is 0 Å². The zero-order valence-electron chi connectivity index (χ0n) is 12.4. The summed E-state index contributed by atoms with van der Waals surface area (Å²) in [5, 5.41) is 4.38. The molecule has 2 rings (SSSR count). The van der Waals surface area contributed by atoms with E-state index in [2.05, 4.69) is 56.4 Å². The van der Waals surface area contributed by atoms with Gasteiger partial charge in [0.15, 0.2) is 0 Å². The second kappa shape index (κ2) is 6.92. The quantitative estimate of drug-likeness (QED) is 0.824. The SMILES string of the molecule is CCNC(c1cccc(CC)c1)c1ccc(Cl)cc1C. The van der Waals surface area contributed by atoms with E-state index in [4.69, 9.17) is 11.6 Å². The predicted molar refractivity (Wildman–Crippen MR) is 87.5 cm³/mol. The van der Waals surface area contributed by atoms with E-state index in [0.29, 0.717) is 0 Å². The minimum absolute atomic E-state index is 0.226. The second-order valence-corrected chi connectivity index (χ2v) is 5.53. The summed E-state index contributed by atoms with van der Waals surface area (Å²) in [6.45, 7) is 7.38. The third-order valence-electron chi connectivity index (χ3n) is 3.64. The van der Waals surface area contributed by atoms with Crippen molar-refractivity contribution in [3.05, 3.63) is 69.7 Å². The summed E-state index contributed by atoms with van der Waals surface area (Å²) in [7, 11) is 0. The molecule has 0 fully saturated rings.